The van der Waals surface area contributed by atoms with Crippen LogP contribution >= 0.6 is 63.0 Å². The van der Waals surface area contributed by atoms with Gasteiger partial charge in [0.05, 0.1) is 101 Å². The number of para-hydroxylation sites is 3. The number of halogens is 9. The van der Waals surface area contributed by atoms with Gasteiger partial charge in [0.25, 0.3) is 22.2 Å². The molecule has 12 aromatic carbocycles. The zero-order chi connectivity index (χ0) is 106. The van der Waals surface area contributed by atoms with E-state index in [9.17, 15) is 93.9 Å². The van der Waals surface area contributed by atoms with Gasteiger partial charge in [-0.15, -0.1) is 0 Å². The van der Waals surface area contributed by atoms with E-state index in [4.69, 9.17) is 46.1 Å². The Morgan fingerprint density at radius 1 is 0.349 bits per heavy atom. The van der Waals surface area contributed by atoms with Crippen molar-refractivity contribution in [1.82, 2.24) is 18.3 Å². The molecular weight excluding hydrogens is 2090 g/mol. The van der Waals surface area contributed by atoms with Crippen LogP contribution in [0, 0.1) is 18.6 Å². The van der Waals surface area contributed by atoms with Crippen molar-refractivity contribution >= 4 is 140 Å². The van der Waals surface area contributed by atoms with Crippen LogP contribution in [0.2, 0.25) is 0 Å². The van der Waals surface area contributed by atoms with E-state index in [1.165, 1.54) is 114 Å². The minimum absolute atomic E-state index is 0.0232. The van der Waals surface area contributed by atoms with Crippen LogP contribution in [0.4, 0.5) is 35.1 Å². The van der Waals surface area contributed by atoms with Gasteiger partial charge in [-0.25, -0.2) is 28.0 Å². The monoisotopic (exact) mass is 2160 g/mol. The number of aryl methyl sites for hydroxylation is 1. The van der Waals surface area contributed by atoms with Gasteiger partial charge in [0.15, 0.2) is 45.3 Å². The van der Waals surface area contributed by atoms with Crippen molar-refractivity contribution in [3.8, 4) is 74.4 Å². The van der Waals surface area contributed by atoms with Crippen molar-refractivity contribution < 1.29 is 102 Å². The number of methoxy groups -OCH3 is 6. The van der Waals surface area contributed by atoms with E-state index in [2.05, 4.69) is 15.9 Å². The highest BCUT2D eigenvalue weighted by Gasteiger charge is 2.37. The summed E-state index contributed by atoms with van der Waals surface area (Å²) in [5.74, 6) is -0.380. The van der Waals surface area contributed by atoms with Gasteiger partial charge in [-0.1, -0.05) is 184 Å². The minimum atomic E-state index is -4.72. The lowest BCUT2D eigenvalue weighted by Crippen LogP contribution is -2.23. The van der Waals surface area contributed by atoms with Crippen LogP contribution in [0.1, 0.15) is 33.4 Å². The second-order valence-electron chi connectivity index (χ2n) is 32.6. The first kappa shape index (κ1) is 104. The number of ether oxygens (including phenoxy) is 6. The highest BCUT2D eigenvalue weighted by atomic mass is 79.9. The molecule has 0 aliphatic heterocycles. The minimum Gasteiger partial charge on any atom is -0.505 e. The van der Waals surface area contributed by atoms with Crippen molar-refractivity contribution in [3.05, 3.63) is 412 Å². The molecule has 26 nitrogen and oxygen atoms in total. The number of pyridine rings is 4. The molecule has 39 heteroatoms. The predicted octanol–water partition coefficient (Wildman–Crippen LogP) is 23.9. The number of fused-ring (bicyclic) bond motifs is 10. The number of rotatable bonds is 22. The fourth-order valence-corrected chi connectivity index (χ4v) is 20.8. The van der Waals surface area contributed by atoms with E-state index in [0.29, 0.717) is 124 Å². The number of nitrogens with zero attached hydrogens (tertiary/aromatic N) is 4. The first-order valence-electron chi connectivity index (χ1n) is 44.4. The highest BCUT2D eigenvalue weighted by Crippen LogP contribution is 2.48. The fraction of sp³-hybridized carbons (Fsp3) is 0.109. The molecule has 0 atom stereocenters. The molecule has 756 valence electrons. The molecule has 0 aliphatic carbocycles. The molecule has 0 spiro atoms. The Labute approximate surface area is 860 Å². The maximum Gasteiger partial charge on any atom is 0.417 e. The smallest absolute Gasteiger partial charge is 0.417 e. The second kappa shape index (κ2) is 43.6. The lowest BCUT2D eigenvalue weighted by Gasteiger charge is -2.19. The third-order valence-electron chi connectivity index (χ3n) is 23.7. The summed E-state index contributed by atoms with van der Waals surface area (Å²) in [5.41, 5.74) is -3.74. The fourth-order valence-electron chi connectivity index (χ4n) is 16.7. The van der Waals surface area contributed by atoms with Crippen LogP contribution in [0.3, 0.4) is 0 Å². The molecule has 20 rings (SSSR count). The number of hydrogen-bond acceptors (Lipinski definition) is 26. The van der Waals surface area contributed by atoms with Gasteiger partial charge in [-0.3, -0.25) is 23.7 Å². The Kier molecular flexibility index (Phi) is 30.4. The molecule has 0 radical (unpaired) electrons. The van der Waals surface area contributed by atoms with Gasteiger partial charge in [0.2, 0.25) is 0 Å². The highest BCUT2D eigenvalue weighted by molar-refractivity contribution is 9.10. The lowest BCUT2D eigenvalue weighted by molar-refractivity contribution is -0.140. The molecule has 0 amide bonds. The van der Waals surface area contributed by atoms with Crippen LogP contribution in [0.25, 0.3) is 93.5 Å². The average Bonchev–Trinajstić information content (AvgIpc) is 0.741. The molecule has 8 heterocycles. The molecule has 0 fully saturated rings. The predicted molar refractivity (Wildman–Crippen MR) is 553 cm³/mol. The van der Waals surface area contributed by atoms with E-state index >= 15 is 0 Å². The molecule has 0 bridgehead atoms. The second-order valence-corrected chi connectivity index (χ2v) is 37.8. The number of benzene rings is 12. The number of hydrogen-bond donors (Lipinski definition) is 4. The van der Waals surface area contributed by atoms with Crippen molar-refractivity contribution in [2.75, 3.05) is 42.7 Å². The summed E-state index contributed by atoms with van der Waals surface area (Å²) in [6.45, 7) is 1.89. The maximum absolute atomic E-state index is 14.3. The van der Waals surface area contributed by atoms with Crippen molar-refractivity contribution in [2.24, 2.45) is 0 Å². The summed E-state index contributed by atoms with van der Waals surface area (Å²) in [5, 5.41) is 45.1. The van der Waals surface area contributed by atoms with Gasteiger partial charge >= 0.3 is 34.9 Å². The quantitative estimate of drug-likeness (QED) is 0.0362. The Hall–Kier alpha value is -16.6. The SMILES string of the molecule is COc1ccc2c3oc(=O)c(Sc4ccc(C(F)(F)F)cc4)c(O)c3c(=O)n(Cc3ccccc3OC)c2c1.COc1ccc2c3oc(=O)c(Sc4cccc(Br)c4)c(O)c3c(=O)n(Cc3ccccc3OC)c2c1.COc1ccc2c3oc(=O)c(Sc4ccccc4F)c(O)c3c(=O)n(Cc3ccccc3OC)c2c1.Cc1c(-c2ccccc2)n(-c2cccc(F)c2)c(=O)c2c(O)c(Sc3ccccc3C(F)(F)F)c(=O)oc12. The zero-order valence-electron chi connectivity index (χ0n) is 78.6. The third kappa shape index (κ3) is 21.0. The number of aromatic hydroxyl groups is 4. The first-order valence-corrected chi connectivity index (χ1v) is 48.5. The molecule has 0 saturated heterocycles. The lowest BCUT2D eigenvalue weighted by atomic mass is 10.0. The Bertz CT molecular complexity index is 9240. The van der Waals surface area contributed by atoms with E-state index < -0.39 is 113 Å². The summed E-state index contributed by atoms with van der Waals surface area (Å²) in [4.78, 5) is 107. The molecule has 149 heavy (non-hydrogen) atoms. The average molecular weight is 2170 g/mol. The van der Waals surface area contributed by atoms with Crippen LogP contribution in [0.5, 0.6) is 57.5 Å². The van der Waals surface area contributed by atoms with Crippen LogP contribution in [-0.2, 0) is 32.0 Å². The molecular formula is C110H77BrF8N4O22S4. The normalized spacial score (nSPS) is 11.5. The summed E-state index contributed by atoms with van der Waals surface area (Å²) in [7, 11) is 9.12. The van der Waals surface area contributed by atoms with Gasteiger partial charge in [0.1, 0.15) is 87.3 Å². The standard InChI is InChI=1S/C28H17F4NO4S.C28H20F3NO6S.C27H20BrNO6S.C27H20FNO6S/c1-15-22(16-8-3-2-4-9-16)33(18-11-7-10-17(29)14-18)26(35)21-23(34)25(27(36)37-24(15)21)38-20-13-6-5-12-19(20)28(30,31)32;1-36-17-9-12-19-20(13-17)32(14-15-5-3-4-6-21(15)37-2)26(34)22-23(33)25(27(35)38-24(19)22)39-18-10-7-16(8-11-18)28(29,30)31;1-33-17-10-11-19-20(13-17)29(14-15-6-3-4-9-21(15)34-2)26(31)22-23(30)25(27(32)35-24(19)22)36-18-8-5-7-16(28)12-18;1-33-16-11-12-17-19(13-16)29(14-15-7-3-5-9-20(15)34-2)26(31)22-23(30)25(27(32)35-24(17)22)36-21-10-6-4-8-18(21)28/h2-14,34H,1H3;3-13,33H,14H2,1-2H3;2*3-13,30H,14H2,1-2H3. The summed E-state index contributed by atoms with van der Waals surface area (Å²) in [6.07, 6.45) is -9.24. The summed E-state index contributed by atoms with van der Waals surface area (Å²) in [6, 6.07) is 72.3. The topological polar surface area (TPSA) is 345 Å². The van der Waals surface area contributed by atoms with Gasteiger partial charge in [-0.2, -0.15) is 26.3 Å². The largest absolute Gasteiger partial charge is 0.505 e. The van der Waals surface area contributed by atoms with Crippen LogP contribution < -0.4 is 73.2 Å². The van der Waals surface area contributed by atoms with Crippen molar-refractivity contribution in [2.45, 2.75) is 78.1 Å². The van der Waals surface area contributed by atoms with E-state index in [0.717, 1.165) is 57.7 Å². The van der Waals surface area contributed by atoms with Crippen LogP contribution in [-0.4, -0.2) is 81.4 Å². The number of aromatic nitrogens is 4. The van der Waals surface area contributed by atoms with Crippen molar-refractivity contribution in [3.63, 3.8) is 0 Å². The maximum atomic E-state index is 14.3. The summed E-state index contributed by atoms with van der Waals surface area (Å²) < 4.78 is 169. The first-order chi connectivity index (χ1) is 71.5. The Morgan fingerprint density at radius 3 is 1.13 bits per heavy atom. The molecule has 0 saturated carbocycles. The molecule has 8 aromatic heterocycles. The van der Waals surface area contributed by atoms with Gasteiger partial charge < -0.3 is 80.2 Å². The van der Waals surface area contributed by atoms with Gasteiger partial charge in [-0.05, 0) is 152 Å². The zero-order valence-corrected chi connectivity index (χ0v) is 83.5. The number of alkyl halides is 6. The Balaban J connectivity index is 0.000000135. The van der Waals surface area contributed by atoms with Crippen LogP contribution in [0.15, 0.2) is 379 Å². The molecule has 4 N–H and O–H groups in total. The molecule has 0 unspecified atom stereocenters. The van der Waals surface area contributed by atoms with E-state index in [1.807, 2.05) is 54.6 Å². The summed E-state index contributed by atoms with van der Waals surface area (Å²) >= 11 is 6.18. The third-order valence-corrected chi connectivity index (χ3v) is 28.6. The van der Waals surface area contributed by atoms with Crippen molar-refractivity contribution in [1.29, 1.82) is 0 Å². The van der Waals surface area contributed by atoms with Gasteiger partial charge in [0, 0.05) is 80.7 Å². The molecule has 0 aliphatic rings. The van der Waals surface area contributed by atoms with E-state index in [-0.39, 0.29) is 98.7 Å². The van der Waals surface area contributed by atoms with E-state index in [1.54, 1.807) is 147 Å². The Morgan fingerprint density at radius 2 is 0.725 bits per heavy atom. The molecule has 20 aromatic rings.